The summed E-state index contributed by atoms with van der Waals surface area (Å²) in [6, 6.07) is 9.69. The highest BCUT2D eigenvalue weighted by Gasteiger charge is 1.98. The maximum Gasteiger partial charge on any atom is 0.204 e. The number of hydrogen-bond donors (Lipinski definition) is 1. The summed E-state index contributed by atoms with van der Waals surface area (Å²) in [5, 5.41) is 13.5. The van der Waals surface area contributed by atoms with Gasteiger partial charge in [0.15, 0.2) is 0 Å². The van der Waals surface area contributed by atoms with Crippen LogP contribution in [-0.4, -0.2) is 20.6 Å². The number of nitrogens with zero attached hydrogens (tertiary/aromatic N) is 3. The third-order valence-corrected chi connectivity index (χ3v) is 1.88. The summed E-state index contributed by atoms with van der Waals surface area (Å²) in [7, 11) is 0. The van der Waals surface area contributed by atoms with Crippen LogP contribution in [0.4, 0.5) is 0 Å². The molecule has 0 saturated heterocycles. The molecule has 0 aliphatic carbocycles. The van der Waals surface area contributed by atoms with Crippen LogP contribution in [0.1, 0.15) is 26.7 Å². The zero-order chi connectivity index (χ0) is 10.9. The van der Waals surface area contributed by atoms with Gasteiger partial charge in [-0.05, 0) is 5.21 Å². The number of hydrogen-bond acceptors (Lipinski definition) is 3. The monoisotopic (exact) mass is 204 g/mol. The van der Waals surface area contributed by atoms with Gasteiger partial charge in [-0.15, -0.1) is 10.2 Å². The Kier molecular flexibility index (Phi) is 5.08. The van der Waals surface area contributed by atoms with Crippen LogP contribution in [-0.2, 0) is 0 Å². The first-order valence-electron chi connectivity index (χ1n) is 5.17. The summed E-state index contributed by atoms with van der Waals surface area (Å²) in [5.41, 5.74) is 0.973. The quantitative estimate of drug-likeness (QED) is 0.818. The fourth-order valence-electron chi connectivity index (χ4n) is 0.871. The van der Waals surface area contributed by atoms with E-state index in [1.807, 2.05) is 30.3 Å². The minimum absolute atomic E-state index is 0.630. The molecule has 0 radical (unpaired) electrons. The Morgan fingerprint density at radius 1 is 1.07 bits per heavy atom. The van der Waals surface area contributed by atoms with Crippen LogP contribution in [0.5, 0.6) is 0 Å². The number of aromatic amines is 1. The second-order valence-electron chi connectivity index (χ2n) is 3.10. The molecule has 0 bridgehead atoms. The number of nitrogens with one attached hydrogen (secondary N) is 1. The van der Waals surface area contributed by atoms with Crippen molar-refractivity contribution in [2.75, 3.05) is 0 Å². The van der Waals surface area contributed by atoms with Gasteiger partial charge in [-0.25, -0.2) is 0 Å². The predicted molar refractivity (Wildman–Crippen MR) is 60.2 cm³/mol. The molecule has 80 valence electrons. The van der Waals surface area contributed by atoms with Crippen LogP contribution in [0.15, 0.2) is 30.3 Å². The van der Waals surface area contributed by atoms with E-state index < -0.39 is 0 Å². The standard InChI is InChI=1S/C7H6N4.C4H10/c1-2-4-6(5-3-1)7-8-10-11-9-7;1-3-4-2/h1-5H,(H,8,9,10,11);3-4H2,1-2H3. The smallest absolute Gasteiger partial charge is 0.177 e. The van der Waals surface area contributed by atoms with Crippen LogP contribution >= 0.6 is 0 Å². The first-order chi connectivity index (χ1) is 7.38. The van der Waals surface area contributed by atoms with Gasteiger partial charge in [0, 0.05) is 5.56 Å². The Morgan fingerprint density at radius 3 is 2.20 bits per heavy atom. The van der Waals surface area contributed by atoms with E-state index in [0.717, 1.165) is 5.56 Å². The summed E-state index contributed by atoms with van der Waals surface area (Å²) in [6.07, 6.45) is 2.64. The van der Waals surface area contributed by atoms with Gasteiger partial charge >= 0.3 is 0 Å². The first-order valence-corrected chi connectivity index (χ1v) is 5.17. The molecule has 0 aliphatic heterocycles. The topological polar surface area (TPSA) is 54.5 Å². The fraction of sp³-hybridized carbons (Fsp3) is 0.364. The zero-order valence-electron chi connectivity index (χ0n) is 9.14. The minimum atomic E-state index is 0.630. The van der Waals surface area contributed by atoms with Crippen molar-refractivity contribution in [1.82, 2.24) is 20.6 Å². The van der Waals surface area contributed by atoms with Gasteiger partial charge in [0.25, 0.3) is 0 Å². The lowest BCUT2D eigenvalue weighted by Crippen LogP contribution is -1.78. The molecule has 1 aromatic carbocycles. The van der Waals surface area contributed by atoms with Gasteiger partial charge in [0.2, 0.25) is 5.82 Å². The summed E-state index contributed by atoms with van der Waals surface area (Å²) in [4.78, 5) is 0. The van der Waals surface area contributed by atoms with E-state index in [9.17, 15) is 0 Å². The molecule has 1 N–H and O–H groups in total. The molecule has 4 heteroatoms. The van der Waals surface area contributed by atoms with Crippen molar-refractivity contribution in [3.05, 3.63) is 30.3 Å². The molecule has 1 aromatic heterocycles. The third-order valence-electron chi connectivity index (χ3n) is 1.88. The third kappa shape index (κ3) is 3.89. The normalized spacial score (nSPS) is 9.20. The average molecular weight is 204 g/mol. The average Bonchev–Trinajstić information content (AvgIpc) is 2.84. The van der Waals surface area contributed by atoms with Crippen molar-refractivity contribution in [1.29, 1.82) is 0 Å². The van der Waals surface area contributed by atoms with E-state index in [1.165, 1.54) is 12.8 Å². The number of H-pyrrole nitrogens is 1. The molecule has 0 atom stereocenters. The maximum absolute atomic E-state index is 3.84. The highest BCUT2D eigenvalue weighted by atomic mass is 15.5. The molecule has 0 spiro atoms. The summed E-state index contributed by atoms with van der Waals surface area (Å²) >= 11 is 0. The Morgan fingerprint density at radius 2 is 1.73 bits per heavy atom. The van der Waals surface area contributed by atoms with Gasteiger partial charge < -0.3 is 0 Å². The molecule has 15 heavy (non-hydrogen) atoms. The van der Waals surface area contributed by atoms with Crippen molar-refractivity contribution >= 4 is 0 Å². The molecule has 4 nitrogen and oxygen atoms in total. The van der Waals surface area contributed by atoms with Gasteiger partial charge in [-0.2, -0.15) is 5.21 Å². The van der Waals surface area contributed by atoms with E-state index in [0.29, 0.717) is 5.82 Å². The molecule has 2 rings (SSSR count). The Hall–Kier alpha value is -1.71. The maximum atomic E-state index is 3.84. The molecular formula is C11H16N4. The highest BCUT2D eigenvalue weighted by Crippen LogP contribution is 2.10. The largest absolute Gasteiger partial charge is 0.204 e. The second kappa shape index (κ2) is 6.70. The van der Waals surface area contributed by atoms with Crippen LogP contribution in [0.3, 0.4) is 0 Å². The first kappa shape index (κ1) is 11.4. The molecule has 0 amide bonds. The zero-order valence-corrected chi connectivity index (χ0v) is 9.14. The fourth-order valence-corrected chi connectivity index (χ4v) is 0.871. The Labute approximate surface area is 89.7 Å². The van der Waals surface area contributed by atoms with Crippen molar-refractivity contribution in [3.63, 3.8) is 0 Å². The molecule has 0 fully saturated rings. The summed E-state index contributed by atoms with van der Waals surface area (Å²) < 4.78 is 0. The van der Waals surface area contributed by atoms with Gasteiger partial charge in [-0.3, -0.25) is 0 Å². The SMILES string of the molecule is CCCC.c1ccc(-c2nn[nH]n2)cc1. The van der Waals surface area contributed by atoms with Crippen molar-refractivity contribution in [2.45, 2.75) is 26.7 Å². The lowest BCUT2D eigenvalue weighted by molar-refractivity contribution is 0.881. The van der Waals surface area contributed by atoms with Crippen molar-refractivity contribution in [2.24, 2.45) is 0 Å². The Bertz CT molecular complexity index is 340. The van der Waals surface area contributed by atoms with Crippen LogP contribution in [0.25, 0.3) is 11.4 Å². The lowest BCUT2D eigenvalue weighted by Gasteiger charge is -1.89. The second-order valence-corrected chi connectivity index (χ2v) is 3.10. The number of aromatic nitrogens is 4. The van der Waals surface area contributed by atoms with Crippen molar-refractivity contribution in [3.8, 4) is 11.4 Å². The Balaban J connectivity index is 0.000000245. The summed E-state index contributed by atoms with van der Waals surface area (Å²) in [5.74, 6) is 0.630. The van der Waals surface area contributed by atoms with E-state index in [-0.39, 0.29) is 0 Å². The summed E-state index contributed by atoms with van der Waals surface area (Å²) in [6.45, 7) is 4.36. The minimum Gasteiger partial charge on any atom is -0.177 e. The van der Waals surface area contributed by atoms with E-state index in [1.54, 1.807) is 0 Å². The highest BCUT2D eigenvalue weighted by molar-refractivity contribution is 5.52. The van der Waals surface area contributed by atoms with Gasteiger partial charge in [0.1, 0.15) is 0 Å². The van der Waals surface area contributed by atoms with Gasteiger partial charge in [-0.1, -0.05) is 57.0 Å². The number of rotatable bonds is 2. The number of tetrazole rings is 1. The van der Waals surface area contributed by atoms with E-state index in [2.05, 4.69) is 34.5 Å². The van der Waals surface area contributed by atoms with E-state index in [4.69, 9.17) is 0 Å². The number of benzene rings is 1. The van der Waals surface area contributed by atoms with Crippen LogP contribution in [0, 0.1) is 0 Å². The van der Waals surface area contributed by atoms with Crippen molar-refractivity contribution < 1.29 is 0 Å². The molecule has 0 saturated carbocycles. The van der Waals surface area contributed by atoms with Gasteiger partial charge in [0.05, 0.1) is 0 Å². The van der Waals surface area contributed by atoms with E-state index >= 15 is 0 Å². The van der Waals surface area contributed by atoms with Crippen LogP contribution in [0.2, 0.25) is 0 Å². The molecule has 0 aliphatic rings. The van der Waals surface area contributed by atoms with Crippen LogP contribution < -0.4 is 0 Å². The number of unbranched alkanes of at least 4 members (excludes halogenated alkanes) is 1. The molecular weight excluding hydrogens is 188 g/mol. The molecule has 0 unspecified atom stereocenters. The lowest BCUT2D eigenvalue weighted by atomic mass is 10.2. The molecule has 2 aromatic rings. The molecule has 1 heterocycles. The predicted octanol–water partition coefficient (Wildman–Crippen LogP) is 2.67.